The topological polar surface area (TPSA) is 80.3 Å². The fourth-order valence-electron chi connectivity index (χ4n) is 3.80. The minimum absolute atomic E-state index is 0.0991. The van der Waals surface area contributed by atoms with Crippen LogP contribution in [-0.4, -0.2) is 23.4 Å². The zero-order valence-corrected chi connectivity index (χ0v) is 22.2. The van der Waals surface area contributed by atoms with Crippen LogP contribution in [-0.2, 0) is 9.59 Å². The number of amides is 2. The van der Waals surface area contributed by atoms with Crippen LogP contribution in [0, 0.1) is 6.92 Å². The molecule has 0 radical (unpaired) electrons. The van der Waals surface area contributed by atoms with E-state index in [1.165, 1.54) is 23.1 Å². The number of carbonyl (C=O) groups is 2. The zero-order chi connectivity index (χ0) is 26.3. The highest BCUT2D eigenvalue weighted by molar-refractivity contribution is 8.00. The minimum atomic E-state index is -0.516. The van der Waals surface area contributed by atoms with Crippen molar-refractivity contribution in [2.24, 2.45) is 0 Å². The molecule has 8 heteroatoms. The van der Waals surface area contributed by atoms with Gasteiger partial charge in [-0.2, -0.15) is 0 Å². The third kappa shape index (κ3) is 6.59. The van der Waals surface area contributed by atoms with Gasteiger partial charge in [0.15, 0.2) is 11.7 Å². The summed E-state index contributed by atoms with van der Waals surface area (Å²) in [6.07, 6.45) is 0. The van der Waals surface area contributed by atoms with Crippen molar-refractivity contribution < 1.29 is 14.3 Å². The molecular formula is C30H25N3O3S2. The fourth-order valence-corrected chi connectivity index (χ4v) is 5.85. The van der Waals surface area contributed by atoms with Gasteiger partial charge in [0.05, 0.1) is 10.2 Å². The first-order valence-electron chi connectivity index (χ1n) is 12.0. The van der Waals surface area contributed by atoms with Gasteiger partial charge in [-0.3, -0.25) is 9.59 Å². The average molecular weight is 540 g/mol. The summed E-state index contributed by atoms with van der Waals surface area (Å²) in [5.74, 6) is 0.203. The molecule has 1 unspecified atom stereocenters. The summed E-state index contributed by atoms with van der Waals surface area (Å²) in [6, 6.07) is 32.3. The highest BCUT2D eigenvalue weighted by Gasteiger charge is 2.23. The first kappa shape index (κ1) is 25.5. The molecule has 2 amide bonds. The van der Waals surface area contributed by atoms with E-state index < -0.39 is 5.25 Å². The van der Waals surface area contributed by atoms with Crippen molar-refractivity contribution in [1.29, 1.82) is 0 Å². The number of aryl methyl sites for hydroxylation is 1. The maximum atomic E-state index is 13.5. The number of ether oxygens (including phenoxy) is 1. The predicted molar refractivity (Wildman–Crippen MR) is 155 cm³/mol. The standard InChI is InChI=1S/C30H25N3O3S2/c1-20-15-16-25-26(17-20)38-30(32-25)33-29(35)28(21-9-4-2-5-10-21)37-24-14-8-11-22(18-24)31-27(34)19-36-23-12-6-3-7-13-23/h2-18,28H,19H2,1H3,(H,31,34)(H,32,33,35). The Bertz CT molecular complexity index is 1560. The normalized spacial score (nSPS) is 11.6. The lowest BCUT2D eigenvalue weighted by molar-refractivity contribution is -0.118. The fraction of sp³-hybridized carbons (Fsp3) is 0.100. The monoisotopic (exact) mass is 539 g/mol. The number of hydrogen-bond acceptors (Lipinski definition) is 6. The van der Waals surface area contributed by atoms with E-state index in [-0.39, 0.29) is 18.4 Å². The highest BCUT2D eigenvalue weighted by atomic mass is 32.2. The Morgan fingerprint density at radius 2 is 1.66 bits per heavy atom. The average Bonchev–Trinajstić information content (AvgIpc) is 3.33. The van der Waals surface area contributed by atoms with Crippen LogP contribution in [0.1, 0.15) is 16.4 Å². The number of anilines is 2. The number of nitrogens with one attached hydrogen (secondary N) is 2. The van der Waals surface area contributed by atoms with Crippen LogP contribution in [0.4, 0.5) is 10.8 Å². The van der Waals surface area contributed by atoms with Crippen LogP contribution in [0.2, 0.25) is 0 Å². The van der Waals surface area contributed by atoms with Gasteiger partial charge in [0.1, 0.15) is 11.0 Å². The van der Waals surface area contributed by atoms with Crippen molar-refractivity contribution >= 4 is 55.9 Å². The molecule has 0 aliphatic heterocycles. The Balaban J connectivity index is 1.29. The number of nitrogens with zero attached hydrogens (tertiary/aromatic N) is 1. The van der Waals surface area contributed by atoms with Crippen LogP contribution in [0.3, 0.4) is 0 Å². The molecule has 0 saturated carbocycles. The van der Waals surface area contributed by atoms with E-state index in [1.54, 1.807) is 12.1 Å². The van der Waals surface area contributed by atoms with Gasteiger partial charge in [-0.25, -0.2) is 4.98 Å². The zero-order valence-electron chi connectivity index (χ0n) is 20.6. The summed E-state index contributed by atoms with van der Waals surface area (Å²) in [5, 5.41) is 5.93. The molecule has 190 valence electrons. The lowest BCUT2D eigenvalue weighted by atomic mass is 10.1. The summed E-state index contributed by atoms with van der Waals surface area (Å²) in [6.45, 7) is 1.93. The van der Waals surface area contributed by atoms with Crippen LogP contribution in [0.15, 0.2) is 108 Å². The predicted octanol–water partition coefficient (Wildman–Crippen LogP) is 7.09. The van der Waals surface area contributed by atoms with E-state index in [9.17, 15) is 9.59 Å². The second-order valence-electron chi connectivity index (χ2n) is 8.57. The number of hydrogen-bond donors (Lipinski definition) is 2. The summed E-state index contributed by atoms with van der Waals surface area (Å²) < 4.78 is 6.57. The number of aromatic nitrogens is 1. The number of para-hydroxylation sites is 1. The van der Waals surface area contributed by atoms with Gasteiger partial charge in [0, 0.05) is 10.6 Å². The Kier molecular flexibility index (Phi) is 8.01. The first-order chi connectivity index (χ1) is 18.5. The Morgan fingerprint density at radius 3 is 2.45 bits per heavy atom. The highest BCUT2D eigenvalue weighted by Crippen LogP contribution is 2.38. The van der Waals surface area contributed by atoms with Crippen molar-refractivity contribution in [1.82, 2.24) is 4.98 Å². The van der Waals surface area contributed by atoms with E-state index in [0.717, 1.165) is 26.2 Å². The molecule has 5 rings (SSSR count). The van der Waals surface area contributed by atoms with Crippen molar-refractivity contribution in [3.8, 4) is 5.75 Å². The van der Waals surface area contributed by atoms with Crippen LogP contribution in [0.25, 0.3) is 10.2 Å². The smallest absolute Gasteiger partial charge is 0.262 e. The Hall–Kier alpha value is -4.14. The van der Waals surface area contributed by atoms with E-state index in [1.807, 2.05) is 91.9 Å². The number of carbonyl (C=O) groups excluding carboxylic acids is 2. The SMILES string of the molecule is Cc1ccc2nc(NC(=O)C(Sc3cccc(NC(=O)COc4ccccc4)c3)c3ccccc3)sc2c1. The lowest BCUT2D eigenvalue weighted by Gasteiger charge is -2.17. The van der Waals surface area contributed by atoms with E-state index in [4.69, 9.17) is 4.74 Å². The molecule has 6 nitrogen and oxygen atoms in total. The second kappa shape index (κ2) is 11.9. The molecule has 1 aromatic heterocycles. The number of thioether (sulfide) groups is 1. The van der Waals surface area contributed by atoms with Gasteiger partial charge in [-0.1, -0.05) is 72.0 Å². The van der Waals surface area contributed by atoms with Crippen LogP contribution < -0.4 is 15.4 Å². The molecule has 0 bridgehead atoms. The molecule has 0 aliphatic rings. The summed E-state index contributed by atoms with van der Waals surface area (Å²) in [4.78, 5) is 31.4. The van der Waals surface area contributed by atoms with Gasteiger partial charge >= 0.3 is 0 Å². The molecule has 0 saturated heterocycles. The van der Waals surface area contributed by atoms with Crippen molar-refractivity contribution in [2.45, 2.75) is 17.1 Å². The Labute approximate surface area is 229 Å². The number of rotatable bonds is 9. The van der Waals surface area contributed by atoms with Gasteiger partial charge in [0.2, 0.25) is 5.91 Å². The molecule has 0 spiro atoms. The van der Waals surface area contributed by atoms with Gasteiger partial charge in [-0.15, -0.1) is 11.8 Å². The molecule has 0 aliphatic carbocycles. The third-order valence-corrected chi connectivity index (χ3v) is 7.78. The van der Waals surface area contributed by atoms with Gasteiger partial charge in [0.25, 0.3) is 5.91 Å². The third-order valence-electron chi connectivity index (χ3n) is 5.60. The molecule has 2 N–H and O–H groups in total. The van der Waals surface area contributed by atoms with E-state index in [2.05, 4.69) is 21.7 Å². The van der Waals surface area contributed by atoms with Crippen LogP contribution >= 0.6 is 23.1 Å². The minimum Gasteiger partial charge on any atom is -0.484 e. The maximum absolute atomic E-state index is 13.5. The van der Waals surface area contributed by atoms with Gasteiger partial charge in [-0.05, 0) is 60.5 Å². The molecular weight excluding hydrogens is 514 g/mol. The molecule has 38 heavy (non-hydrogen) atoms. The lowest BCUT2D eigenvalue weighted by Crippen LogP contribution is -2.20. The molecule has 1 atom stereocenters. The quantitative estimate of drug-likeness (QED) is 0.195. The summed E-state index contributed by atoms with van der Waals surface area (Å²) in [7, 11) is 0. The van der Waals surface area contributed by atoms with E-state index in [0.29, 0.717) is 16.6 Å². The summed E-state index contributed by atoms with van der Waals surface area (Å²) >= 11 is 2.87. The molecule has 1 heterocycles. The number of benzene rings is 4. The van der Waals surface area contributed by atoms with Crippen molar-refractivity contribution in [3.63, 3.8) is 0 Å². The van der Waals surface area contributed by atoms with E-state index >= 15 is 0 Å². The van der Waals surface area contributed by atoms with Crippen LogP contribution in [0.5, 0.6) is 5.75 Å². The summed E-state index contributed by atoms with van der Waals surface area (Å²) in [5.41, 5.74) is 3.51. The first-order valence-corrected chi connectivity index (χ1v) is 13.7. The molecule has 5 aromatic rings. The molecule has 4 aromatic carbocycles. The number of fused-ring (bicyclic) bond motifs is 1. The number of thiazole rings is 1. The van der Waals surface area contributed by atoms with Crippen molar-refractivity contribution in [3.05, 3.63) is 114 Å². The maximum Gasteiger partial charge on any atom is 0.262 e. The molecule has 0 fully saturated rings. The van der Waals surface area contributed by atoms with Crippen molar-refractivity contribution in [2.75, 3.05) is 17.2 Å². The van der Waals surface area contributed by atoms with Gasteiger partial charge < -0.3 is 15.4 Å². The second-order valence-corrected chi connectivity index (χ2v) is 10.8. The largest absolute Gasteiger partial charge is 0.484 e. The Morgan fingerprint density at radius 1 is 0.895 bits per heavy atom.